The second-order valence-electron chi connectivity index (χ2n) is 5.83. The maximum absolute atomic E-state index is 12.7. The molecule has 0 bridgehead atoms. The Hall–Kier alpha value is -2.12. The zero-order valence-corrected chi connectivity index (χ0v) is 16.3. The molecule has 0 aliphatic heterocycles. The minimum Gasteiger partial charge on any atom is -0.279 e. The van der Waals surface area contributed by atoms with E-state index in [1.54, 1.807) is 29.9 Å². The number of nitrogens with one attached hydrogen (secondary N) is 1. The lowest BCUT2D eigenvalue weighted by Crippen LogP contribution is -2.14. The van der Waals surface area contributed by atoms with E-state index in [0.717, 1.165) is 15.6 Å². The zero-order valence-electron chi connectivity index (χ0n) is 13.9. The smallest absolute Gasteiger partial charge is 0.265 e. The molecule has 1 N–H and O–H groups in total. The van der Waals surface area contributed by atoms with Crippen LogP contribution < -0.4 is 4.72 Å². The van der Waals surface area contributed by atoms with E-state index in [-0.39, 0.29) is 4.90 Å². The Morgan fingerprint density at radius 1 is 1.12 bits per heavy atom. The largest absolute Gasteiger partial charge is 0.279 e. The van der Waals surface area contributed by atoms with E-state index < -0.39 is 10.0 Å². The summed E-state index contributed by atoms with van der Waals surface area (Å²) < 4.78 is 30.7. The van der Waals surface area contributed by atoms with Gasteiger partial charge in [0.2, 0.25) is 0 Å². The number of nitrogens with zero attached hydrogens (tertiary/aromatic N) is 2. The Labute approximate surface area is 155 Å². The van der Waals surface area contributed by atoms with E-state index in [1.165, 1.54) is 0 Å². The lowest BCUT2D eigenvalue weighted by Gasteiger charge is -2.10. The predicted molar refractivity (Wildman–Crippen MR) is 102 cm³/mol. The second-order valence-corrected chi connectivity index (χ2v) is 8.39. The number of benzene rings is 2. The molecule has 25 heavy (non-hydrogen) atoms. The molecule has 130 valence electrons. The first-order valence-corrected chi connectivity index (χ1v) is 10.00. The Balaban J connectivity index is 1.87. The van der Waals surface area contributed by atoms with Crippen LogP contribution in [0.2, 0.25) is 0 Å². The average molecular weight is 420 g/mol. The molecular weight excluding hydrogens is 402 g/mol. The van der Waals surface area contributed by atoms with E-state index >= 15 is 0 Å². The first kappa shape index (κ1) is 17.7. The van der Waals surface area contributed by atoms with Gasteiger partial charge in [-0.15, -0.1) is 0 Å². The Bertz CT molecular complexity index is 998. The maximum atomic E-state index is 12.7. The van der Waals surface area contributed by atoms with Crippen molar-refractivity contribution in [2.24, 2.45) is 0 Å². The number of halogens is 1. The fraction of sp³-hybridized carbons (Fsp3) is 0.167. The van der Waals surface area contributed by atoms with Crippen LogP contribution in [0, 0.1) is 13.8 Å². The van der Waals surface area contributed by atoms with Crippen LogP contribution in [0.25, 0.3) is 0 Å². The van der Waals surface area contributed by atoms with Gasteiger partial charge in [-0.2, -0.15) is 5.10 Å². The summed E-state index contributed by atoms with van der Waals surface area (Å²) in [6, 6.07) is 15.2. The zero-order chi connectivity index (χ0) is 18.0. The van der Waals surface area contributed by atoms with Crippen LogP contribution in [0.15, 0.2) is 64.1 Å². The summed E-state index contributed by atoms with van der Waals surface area (Å²) in [5, 5.41) is 4.34. The molecule has 3 aromatic rings. The molecule has 0 fully saturated rings. The molecular formula is C18H18BrN3O2S. The van der Waals surface area contributed by atoms with E-state index in [4.69, 9.17) is 0 Å². The maximum Gasteiger partial charge on any atom is 0.265 e. The molecule has 0 amide bonds. The molecule has 5 nitrogen and oxygen atoms in total. The van der Waals surface area contributed by atoms with Crippen molar-refractivity contribution in [3.63, 3.8) is 0 Å². The Morgan fingerprint density at radius 3 is 2.52 bits per heavy atom. The molecule has 2 aromatic carbocycles. The fourth-order valence-corrected chi connectivity index (χ4v) is 4.35. The summed E-state index contributed by atoms with van der Waals surface area (Å²) in [4.78, 5) is 0.186. The van der Waals surface area contributed by atoms with Crippen molar-refractivity contribution in [1.29, 1.82) is 0 Å². The summed E-state index contributed by atoms with van der Waals surface area (Å²) in [6.45, 7) is 4.08. The molecule has 0 aliphatic carbocycles. The van der Waals surface area contributed by atoms with Gasteiger partial charge in [0.25, 0.3) is 10.0 Å². The van der Waals surface area contributed by atoms with Gasteiger partial charge in [-0.05, 0) is 43.2 Å². The molecule has 0 radical (unpaired) electrons. The van der Waals surface area contributed by atoms with Crippen LogP contribution in [0.3, 0.4) is 0 Å². The van der Waals surface area contributed by atoms with E-state index in [0.29, 0.717) is 17.9 Å². The molecule has 0 aliphatic rings. The summed E-state index contributed by atoms with van der Waals surface area (Å²) in [5.74, 6) is 0. The topological polar surface area (TPSA) is 64.0 Å². The van der Waals surface area contributed by atoms with Crippen molar-refractivity contribution in [2.75, 3.05) is 4.72 Å². The van der Waals surface area contributed by atoms with Crippen LogP contribution in [0.5, 0.6) is 0 Å². The monoisotopic (exact) mass is 419 g/mol. The second kappa shape index (κ2) is 7.01. The van der Waals surface area contributed by atoms with Gasteiger partial charge in [0.15, 0.2) is 0 Å². The highest BCUT2D eigenvalue weighted by molar-refractivity contribution is 9.10. The van der Waals surface area contributed by atoms with E-state index in [9.17, 15) is 8.42 Å². The molecule has 0 saturated heterocycles. The van der Waals surface area contributed by atoms with Crippen molar-refractivity contribution in [3.05, 3.63) is 76.0 Å². The van der Waals surface area contributed by atoms with Crippen molar-refractivity contribution < 1.29 is 8.42 Å². The van der Waals surface area contributed by atoms with Gasteiger partial charge in [-0.1, -0.05) is 46.3 Å². The molecule has 0 spiro atoms. The quantitative estimate of drug-likeness (QED) is 0.676. The van der Waals surface area contributed by atoms with Gasteiger partial charge in [0.1, 0.15) is 4.90 Å². The third kappa shape index (κ3) is 4.11. The van der Waals surface area contributed by atoms with Crippen LogP contribution in [-0.4, -0.2) is 18.2 Å². The number of aryl methyl sites for hydroxylation is 2. The average Bonchev–Trinajstić information content (AvgIpc) is 2.92. The van der Waals surface area contributed by atoms with Crippen molar-refractivity contribution in [2.45, 2.75) is 25.3 Å². The van der Waals surface area contributed by atoms with Crippen molar-refractivity contribution in [3.8, 4) is 0 Å². The van der Waals surface area contributed by atoms with E-state index in [1.807, 2.05) is 43.3 Å². The highest BCUT2D eigenvalue weighted by atomic mass is 79.9. The SMILES string of the molecule is Cc1cc(Br)ccc1NS(=O)(=O)c1cn(Cc2ccccc2)nc1C. The normalized spacial score (nSPS) is 11.5. The minimum absolute atomic E-state index is 0.186. The third-order valence-electron chi connectivity index (χ3n) is 3.81. The number of hydrogen-bond acceptors (Lipinski definition) is 3. The van der Waals surface area contributed by atoms with Gasteiger partial charge in [-0.25, -0.2) is 8.42 Å². The lowest BCUT2D eigenvalue weighted by atomic mass is 10.2. The Morgan fingerprint density at radius 2 is 1.84 bits per heavy atom. The number of hydrogen-bond donors (Lipinski definition) is 1. The summed E-state index contributed by atoms with van der Waals surface area (Å²) in [6.07, 6.45) is 1.57. The summed E-state index contributed by atoms with van der Waals surface area (Å²) >= 11 is 3.38. The Kier molecular flexibility index (Phi) is 4.96. The van der Waals surface area contributed by atoms with Crippen LogP contribution in [0.4, 0.5) is 5.69 Å². The van der Waals surface area contributed by atoms with Gasteiger partial charge in [0.05, 0.1) is 17.9 Å². The lowest BCUT2D eigenvalue weighted by molar-refractivity contribution is 0.600. The number of rotatable bonds is 5. The fourth-order valence-electron chi connectivity index (χ4n) is 2.56. The summed E-state index contributed by atoms with van der Waals surface area (Å²) in [5.41, 5.74) is 2.93. The molecule has 0 unspecified atom stereocenters. The molecule has 0 saturated carbocycles. The summed E-state index contributed by atoms with van der Waals surface area (Å²) in [7, 11) is -3.70. The highest BCUT2D eigenvalue weighted by Gasteiger charge is 2.21. The number of aromatic nitrogens is 2. The first-order chi connectivity index (χ1) is 11.8. The van der Waals surface area contributed by atoms with Gasteiger partial charge in [-0.3, -0.25) is 9.40 Å². The van der Waals surface area contributed by atoms with Crippen molar-refractivity contribution >= 4 is 31.6 Å². The standard InChI is InChI=1S/C18H18BrN3O2S/c1-13-10-16(19)8-9-17(13)21-25(23,24)18-12-22(20-14(18)2)11-15-6-4-3-5-7-15/h3-10,12,21H,11H2,1-2H3. The first-order valence-electron chi connectivity index (χ1n) is 7.72. The predicted octanol–water partition coefficient (Wildman–Crippen LogP) is 4.11. The van der Waals surface area contributed by atoms with Crippen molar-refractivity contribution in [1.82, 2.24) is 9.78 Å². The molecule has 1 aromatic heterocycles. The van der Waals surface area contributed by atoms with Gasteiger partial charge in [0, 0.05) is 10.7 Å². The van der Waals surface area contributed by atoms with Gasteiger partial charge < -0.3 is 0 Å². The number of sulfonamides is 1. The highest BCUT2D eigenvalue weighted by Crippen LogP contribution is 2.24. The van der Waals surface area contributed by atoms with Gasteiger partial charge >= 0.3 is 0 Å². The molecule has 7 heteroatoms. The van der Waals surface area contributed by atoms with Crippen LogP contribution >= 0.6 is 15.9 Å². The van der Waals surface area contributed by atoms with E-state index in [2.05, 4.69) is 25.8 Å². The van der Waals surface area contributed by atoms with Crippen LogP contribution in [0.1, 0.15) is 16.8 Å². The minimum atomic E-state index is -3.70. The molecule has 1 heterocycles. The third-order valence-corrected chi connectivity index (χ3v) is 5.77. The van der Waals surface area contributed by atoms with Crippen LogP contribution in [-0.2, 0) is 16.6 Å². The number of anilines is 1. The molecule has 0 atom stereocenters. The molecule has 3 rings (SSSR count).